The topological polar surface area (TPSA) is 56.8 Å². The second-order valence-corrected chi connectivity index (χ2v) is 5.29. The molecule has 2 aromatic carbocycles. The minimum Gasteiger partial charge on any atom is -0.493 e. The molecule has 24 heavy (non-hydrogen) atoms. The van der Waals surface area contributed by atoms with Crippen molar-refractivity contribution in [3.05, 3.63) is 54.1 Å². The van der Waals surface area contributed by atoms with Gasteiger partial charge in [0, 0.05) is 12.8 Å². The first-order chi connectivity index (χ1) is 11.7. The fourth-order valence-electron chi connectivity index (χ4n) is 2.32. The van der Waals surface area contributed by atoms with Gasteiger partial charge in [-0.05, 0) is 36.2 Å². The van der Waals surface area contributed by atoms with Crippen molar-refractivity contribution >= 4 is 11.6 Å². The first-order valence-electron chi connectivity index (χ1n) is 7.86. The van der Waals surface area contributed by atoms with E-state index in [0.29, 0.717) is 24.5 Å². The van der Waals surface area contributed by atoms with Gasteiger partial charge in [0.2, 0.25) is 0 Å². The summed E-state index contributed by atoms with van der Waals surface area (Å²) >= 11 is 0. The lowest BCUT2D eigenvalue weighted by molar-refractivity contribution is -0.122. The van der Waals surface area contributed by atoms with Gasteiger partial charge in [-0.25, -0.2) is 0 Å². The van der Waals surface area contributed by atoms with Gasteiger partial charge in [0.1, 0.15) is 0 Å². The van der Waals surface area contributed by atoms with Gasteiger partial charge < -0.3 is 19.5 Å². The standard InChI is InChI=1S/C19H23NO4/c1-4-16(24-18-11-6-5-10-17(18)23-3)19(21)20-15-9-7-8-14(12-15)13-22-2/h5-12,16H,4,13H2,1-3H3,(H,20,21). The molecule has 5 heteroatoms. The third kappa shape index (κ3) is 4.73. The van der Waals surface area contributed by atoms with Crippen LogP contribution in [0.5, 0.6) is 11.5 Å². The minimum absolute atomic E-state index is 0.196. The lowest BCUT2D eigenvalue weighted by Gasteiger charge is -2.19. The number of nitrogens with one attached hydrogen (secondary N) is 1. The maximum atomic E-state index is 12.5. The number of carbonyl (C=O) groups is 1. The first kappa shape index (κ1) is 17.8. The summed E-state index contributed by atoms with van der Waals surface area (Å²) in [5.74, 6) is 0.957. The SMILES string of the molecule is CCC(Oc1ccccc1OC)C(=O)Nc1cccc(COC)c1. The van der Waals surface area contributed by atoms with Crippen molar-refractivity contribution in [1.29, 1.82) is 0 Å². The van der Waals surface area contributed by atoms with Crippen LogP contribution in [0.15, 0.2) is 48.5 Å². The van der Waals surface area contributed by atoms with Gasteiger partial charge in [-0.3, -0.25) is 4.79 Å². The van der Waals surface area contributed by atoms with Crippen LogP contribution in [0.1, 0.15) is 18.9 Å². The molecule has 1 atom stereocenters. The summed E-state index contributed by atoms with van der Waals surface area (Å²) < 4.78 is 16.2. The van der Waals surface area contributed by atoms with E-state index < -0.39 is 6.10 Å². The Balaban J connectivity index is 2.07. The highest BCUT2D eigenvalue weighted by molar-refractivity contribution is 5.94. The number of amides is 1. The number of hydrogen-bond acceptors (Lipinski definition) is 4. The number of hydrogen-bond donors (Lipinski definition) is 1. The molecule has 0 aromatic heterocycles. The van der Waals surface area contributed by atoms with Gasteiger partial charge in [0.15, 0.2) is 17.6 Å². The molecular weight excluding hydrogens is 306 g/mol. The van der Waals surface area contributed by atoms with Gasteiger partial charge in [-0.15, -0.1) is 0 Å². The molecule has 0 aliphatic carbocycles. The number of methoxy groups -OCH3 is 2. The molecule has 1 unspecified atom stereocenters. The molecular formula is C19H23NO4. The van der Waals surface area contributed by atoms with Crippen LogP contribution < -0.4 is 14.8 Å². The monoisotopic (exact) mass is 329 g/mol. The molecule has 0 aliphatic heterocycles. The van der Waals surface area contributed by atoms with Gasteiger partial charge in [0.25, 0.3) is 5.91 Å². The lowest BCUT2D eigenvalue weighted by atomic mass is 10.2. The number of ether oxygens (including phenoxy) is 3. The van der Waals surface area contributed by atoms with Crippen LogP contribution in [0.2, 0.25) is 0 Å². The van der Waals surface area contributed by atoms with Crippen molar-refractivity contribution in [3.63, 3.8) is 0 Å². The number of para-hydroxylation sites is 2. The smallest absolute Gasteiger partial charge is 0.265 e. The normalized spacial score (nSPS) is 11.6. The molecule has 0 heterocycles. The predicted molar refractivity (Wildman–Crippen MR) is 93.5 cm³/mol. The summed E-state index contributed by atoms with van der Waals surface area (Å²) in [5.41, 5.74) is 1.71. The van der Waals surface area contributed by atoms with E-state index in [-0.39, 0.29) is 5.91 Å². The highest BCUT2D eigenvalue weighted by atomic mass is 16.5. The van der Waals surface area contributed by atoms with Gasteiger partial charge in [-0.1, -0.05) is 31.2 Å². The van der Waals surface area contributed by atoms with Crippen LogP contribution >= 0.6 is 0 Å². The first-order valence-corrected chi connectivity index (χ1v) is 7.86. The van der Waals surface area contributed by atoms with E-state index in [1.54, 1.807) is 26.4 Å². The molecule has 0 saturated carbocycles. The Morgan fingerprint density at radius 3 is 2.50 bits per heavy atom. The van der Waals surface area contributed by atoms with E-state index in [1.807, 2.05) is 43.3 Å². The largest absolute Gasteiger partial charge is 0.493 e. The third-order valence-corrected chi connectivity index (χ3v) is 3.51. The van der Waals surface area contributed by atoms with Gasteiger partial charge in [0.05, 0.1) is 13.7 Å². The van der Waals surface area contributed by atoms with Crippen molar-refractivity contribution < 1.29 is 19.0 Å². The van der Waals surface area contributed by atoms with E-state index in [4.69, 9.17) is 14.2 Å². The quantitative estimate of drug-likeness (QED) is 0.803. The second-order valence-electron chi connectivity index (χ2n) is 5.29. The summed E-state index contributed by atoms with van der Waals surface area (Å²) in [7, 11) is 3.21. The molecule has 0 bridgehead atoms. The molecule has 1 N–H and O–H groups in total. The van der Waals surface area contributed by atoms with Crippen LogP contribution in [-0.4, -0.2) is 26.2 Å². The molecule has 1 amide bonds. The van der Waals surface area contributed by atoms with Crippen LogP contribution in [0.3, 0.4) is 0 Å². The molecule has 0 radical (unpaired) electrons. The van der Waals surface area contributed by atoms with Crippen molar-refractivity contribution in [2.45, 2.75) is 26.1 Å². The van der Waals surface area contributed by atoms with Crippen LogP contribution in [-0.2, 0) is 16.1 Å². The van der Waals surface area contributed by atoms with E-state index in [0.717, 1.165) is 11.3 Å². The molecule has 128 valence electrons. The maximum absolute atomic E-state index is 12.5. The third-order valence-electron chi connectivity index (χ3n) is 3.51. The number of rotatable bonds is 8. The Morgan fingerprint density at radius 2 is 1.83 bits per heavy atom. The summed E-state index contributed by atoms with van der Waals surface area (Å²) in [4.78, 5) is 12.5. The fourth-order valence-corrected chi connectivity index (χ4v) is 2.32. The zero-order valence-corrected chi connectivity index (χ0v) is 14.2. The average Bonchev–Trinajstić information content (AvgIpc) is 2.60. The van der Waals surface area contributed by atoms with E-state index in [1.165, 1.54) is 0 Å². The summed E-state index contributed by atoms with van der Waals surface area (Å²) in [6.45, 7) is 2.40. The Labute approximate surface area is 142 Å². The highest BCUT2D eigenvalue weighted by Crippen LogP contribution is 2.27. The fraction of sp³-hybridized carbons (Fsp3) is 0.316. The van der Waals surface area contributed by atoms with Crippen molar-refractivity contribution in [2.24, 2.45) is 0 Å². The zero-order chi connectivity index (χ0) is 17.4. The predicted octanol–water partition coefficient (Wildman–Crippen LogP) is 3.64. The van der Waals surface area contributed by atoms with Crippen LogP contribution in [0, 0.1) is 0 Å². The Bertz CT molecular complexity index is 672. The summed E-state index contributed by atoms with van der Waals surface area (Å²) in [5, 5.41) is 2.89. The van der Waals surface area contributed by atoms with E-state index >= 15 is 0 Å². The Morgan fingerprint density at radius 1 is 1.08 bits per heavy atom. The minimum atomic E-state index is -0.604. The lowest BCUT2D eigenvalue weighted by Crippen LogP contribution is -2.32. The Hall–Kier alpha value is -2.53. The number of anilines is 1. The van der Waals surface area contributed by atoms with Crippen molar-refractivity contribution in [2.75, 3.05) is 19.5 Å². The molecule has 0 saturated heterocycles. The number of benzene rings is 2. The summed E-state index contributed by atoms with van der Waals surface area (Å²) in [6, 6.07) is 14.8. The van der Waals surface area contributed by atoms with Gasteiger partial charge in [-0.2, -0.15) is 0 Å². The van der Waals surface area contributed by atoms with E-state index in [2.05, 4.69) is 5.32 Å². The van der Waals surface area contributed by atoms with Crippen LogP contribution in [0.4, 0.5) is 5.69 Å². The Kier molecular flexibility index (Phi) is 6.63. The molecule has 0 aliphatic rings. The molecule has 0 spiro atoms. The van der Waals surface area contributed by atoms with Crippen molar-refractivity contribution in [3.8, 4) is 11.5 Å². The van der Waals surface area contributed by atoms with Crippen molar-refractivity contribution in [1.82, 2.24) is 0 Å². The molecule has 2 rings (SSSR count). The number of carbonyl (C=O) groups excluding carboxylic acids is 1. The second kappa shape index (κ2) is 8.93. The zero-order valence-electron chi connectivity index (χ0n) is 14.2. The summed E-state index contributed by atoms with van der Waals surface area (Å²) in [6.07, 6.45) is -0.0610. The average molecular weight is 329 g/mol. The van der Waals surface area contributed by atoms with Crippen LogP contribution in [0.25, 0.3) is 0 Å². The maximum Gasteiger partial charge on any atom is 0.265 e. The van der Waals surface area contributed by atoms with E-state index in [9.17, 15) is 4.79 Å². The molecule has 2 aromatic rings. The molecule has 0 fully saturated rings. The highest BCUT2D eigenvalue weighted by Gasteiger charge is 2.20. The van der Waals surface area contributed by atoms with Gasteiger partial charge >= 0.3 is 0 Å². The molecule has 5 nitrogen and oxygen atoms in total.